The first-order valence-electron chi connectivity index (χ1n) is 6.56. The highest BCUT2D eigenvalue weighted by Gasteiger charge is 2.12. The molecule has 106 valence electrons. The Morgan fingerprint density at radius 1 is 1.40 bits per heavy atom. The number of carbonyl (C=O) groups excluding carboxylic acids is 1. The lowest BCUT2D eigenvalue weighted by Crippen LogP contribution is -2.25. The maximum absolute atomic E-state index is 12.2. The number of pyridine rings is 1. The average Bonchev–Trinajstić information content (AvgIpc) is 2.82. The fraction of sp³-hybridized carbons (Fsp3) is 0.357. The number of nitrogens with zero attached hydrogens (tertiary/aromatic N) is 3. The molecule has 2 N–H and O–H groups in total. The molecule has 0 spiro atoms. The fourth-order valence-electron chi connectivity index (χ4n) is 1.90. The van der Waals surface area contributed by atoms with Crippen LogP contribution in [0.3, 0.4) is 0 Å². The van der Waals surface area contributed by atoms with E-state index in [0.29, 0.717) is 12.1 Å². The van der Waals surface area contributed by atoms with Crippen LogP contribution in [0, 0.1) is 6.92 Å². The Bertz CT molecular complexity index is 605. The van der Waals surface area contributed by atoms with E-state index >= 15 is 0 Å². The second-order valence-electron chi connectivity index (χ2n) is 4.54. The second kappa shape index (κ2) is 6.18. The highest BCUT2D eigenvalue weighted by atomic mass is 16.1. The third-order valence-electron chi connectivity index (χ3n) is 2.98. The smallest absolute Gasteiger partial charge is 0.255 e. The van der Waals surface area contributed by atoms with Crippen LogP contribution in [0.1, 0.15) is 28.8 Å². The van der Waals surface area contributed by atoms with Crippen molar-refractivity contribution in [1.82, 2.24) is 19.9 Å². The molecule has 6 heteroatoms. The molecule has 2 aromatic heterocycles. The summed E-state index contributed by atoms with van der Waals surface area (Å²) >= 11 is 0. The highest BCUT2D eigenvalue weighted by molar-refractivity contribution is 5.99. The Labute approximate surface area is 118 Å². The van der Waals surface area contributed by atoms with Gasteiger partial charge in [0.2, 0.25) is 0 Å². The summed E-state index contributed by atoms with van der Waals surface area (Å²) in [6, 6.07) is 1.87. The van der Waals surface area contributed by atoms with Crippen LogP contribution in [0.5, 0.6) is 0 Å². The molecule has 0 aliphatic rings. The van der Waals surface area contributed by atoms with E-state index in [2.05, 4.69) is 20.6 Å². The molecule has 0 aliphatic carbocycles. The summed E-state index contributed by atoms with van der Waals surface area (Å²) < 4.78 is 1.87. The van der Waals surface area contributed by atoms with Crippen LogP contribution in [0.15, 0.2) is 24.7 Å². The lowest BCUT2D eigenvalue weighted by molar-refractivity contribution is 0.0950. The fourth-order valence-corrected chi connectivity index (χ4v) is 1.90. The van der Waals surface area contributed by atoms with Crippen LogP contribution in [0.4, 0.5) is 5.69 Å². The molecule has 0 bridgehead atoms. The number of imidazole rings is 1. The van der Waals surface area contributed by atoms with Crippen LogP contribution in [-0.2, 0) is 13.6 Å². The standard InChI is InChI=1S/C14H19N5O/c1-4-15-12-7-10(2)17-8-11(12)14(20)18-9-13-16-5-6-19(13)3/h5-8H,4,9H2,1-3H3,(H,15,17)(H,18,20). The Morgan fingerprint density at radius 2 is 2.20 bits per heavy atom. The third kappa shape index (κ3) is 3.14. The zero-order valence-electron chi connectivity index (χ0n) is 12.0. The quantitative estimate of drug-likeness (QED) is 0.865. The summed E-state index contributed by atoms with van der Waals surface area (Å²) in [7, 11) is 1.89. The zero-order chi connectivity index (χ0) is 14.5. The molecule has 6 nitrogen and oxygen atoms in total. The number of aromatic nitrogens is 3. The third-order valence-corrected chi connectivity index (χ3v) is 2.98. The van der Waals surface area contributed by atoms with E-state index in [-0.39, 0.29) is 5.91 Å². The molecule has 2 aromatic rings. The number of anilines is 1. The van der Waals surface area contributed by atoms with Gasteiger partial charge in [-0.05, 0) is 19.9 Å². The number of hydrogen-bond acceptors (Lipinski definition) is 4. The van der Waals surface area contributed by atoms with E-state index in [4.69, 9.17) is 0 Å². The van der Waals surface area contributed by atoms with Gasteiger partial charge in [-0.1, -0.05) is 0 Å². The van der Waals surface area contributed by atoms with Gasteiger partial charge in [-0.2, -0.15) is 0 Å². The minimum absolute atomic E-state index is 0.156. The Hall–Kier alpha value is -2.37. The predicted octanol–water partition coefficient (Wildman–Crippen LogP) is 1.49. The molecular weight excluding hydrogens is 254 g/mol. The molecule has 0 aromatic carbocycles. The number of nitrogens with one attached hydrogen (secondary N) is 2. The average molecular weight is 273 g/mol. The van der Waals surface area contributed by atoms with Gasteiger partial charge in [0, 0.05) is 37.9 Å². The van der Waals surface area contributed by atoms with E-state index in [1.807, 2.05) is 37.7 Å². The maximum Gasteiger partial charge on any atom is 0.255 e. The Balaban J connectivity index is 2.11. The molecule has 0 atom stereocenters. The van der Waals surface area contributed by atoms with Crippen LogP contribution in [0.25, 0.3) is 0 Å². The highest BCUT2D eigenvalue weighted by Crippen LogP contribution is 2.15. The molecular formula is C14H19N5O. The first-order valence-corrected chi connectivity index (χ1v) is 6.56. The van der Waals surface area contributed by atoms with Crippen molar-refractivity contribution in [2.45, 2.75) is 20.4 Å². The van der Waals surface area contributed by atoms with Gasteiger partial charge in [0.15, 0.2) is 0 Å². The number of aryl methyl sites for hydroxylation is 2. The summed E-state index contributed by atoms with van der Waals surface area (Å²) in [6.45, 7) is 5.03. The monoisotopic (exact) mass is 273 g/mol. The number of carbonyl (C=O) groups is 1. The van der Waals surface area contributed by atoms with Crippen molar-refractivity contribution in [3.63, 3.8) is 0 Å². The molecule has 1 amide bonds. The van der Waals surface area contributed by atoms with Crippen molar-refractivity contribution in [2.75, 3.05) is 11.9 Å². The minimum atomic E-state index is -0.156. The van der Waals surface area contributed by atoms with Gasteiger partial charge in [0.1, 0.15) is 5.82 Å². The lowest BCUT2D eigenvalue weighted by Gasteiger charge is -2.11. The Morgan fingerprint density at radius 3 is 2.85 bits per heavy atom. The number of rotatable bonds is 5. The summed E-state index contributed by atoms with van der Waals surface area (Å²) in [5.41, 5.74) is 2.23. The van der Waals surface area contributed by atoms with Crippen molar-refractivity contribution < 1.29 is 4.79 Å². The van der Waals surface area contributed by atoms with Crippen molar-refractivity contribution in [3.05, 3.63) is 41.7 Å². The number of amides is 1. The first-order chi connectivity index (χ1) is 9.61. The molecule has 20 heavy (non-hydrogen) atoms. The summed E-state index contributed by atoms with van der Waals surface area (Å²) in [4.78, 5) is 20.6. The summed E-state index contributed by atoms with van der Waals surface area (Å²) in [5, 5.41) is 6.04. The molecule has 0 aliphatic heterocycles. The van der Waals surface area contributed by atoms with E-state index < -0.39 is 0 Å². The Kier molecular flexibility index (Phi) is 4.34. The lowest BCUT2D eigenvalue weighted by atomic mass is 10.2. The van der Waals surface area contributed by atoms with Gasteiger partial charge in [-0.3, -0.25) is 9.78 Å². The van der Waals surface area contributed by atoms with Crippen molar-refractivity contribution in [1.29, 1.82) is 0 Å². The van der Waals surface area contributed by atoms with E-state index in [0.717, 1.165) is 23.8 Å². The second-order valence-corrected chi connectivity index (χ2v) is 4.54. The maximum atomic E-state index is 12.2. The molecule has 2 rings (SSSR count). The SMILES string of the molecule is CCNc1cc(C)ncc1C(=O)NCc1nccn1C. The topological polar surface area (TPSA) is 71.8 Å². The normalized spacial score (nSPS) is 10.3. The first kappa shape index (κ1) is 14.0. The van der Waals surface area contributed by atoms with Crippen molar-refractivity contribution >= 4 is 11.6 Å². The van der Waals surface area contributed by atoms with Crippen LogP contribution >= 0.6 is 0 Å². The van der Waals surface area contributed by atoms with E-state index in [1.54, 1.807) is 12.4 Å². The molecule has 0 radical (unpaired) electrons. The minimum Gasteiger partial charge on any atom is -0.385 e. The summed E-state index contributed by atoms with van der Waals surface area (Å²) in [5.74, 6) is 0.653. The van der Waals surface area contributed by atoms with Gasteiger partial charge in [0.25, 0.3) is 5.91 Å². The van der Waals surface area contributed by atoms with E-state index in [1.165, 1.54) is 0 Å². The molecule has 2 heterocycles. The van der Waals surface area contributed by atoms with Gasteiger partial charge in [0.05, 0.1) is 17.8 Å². The largest absolute Gasteiger partial charge is 0.385 e. The molecule has 0 saturated carbocycles. The van der Waals surface area contributed by atoms with Crippen LogP contribution in [-0.4, -0.2) is 27.0 Å². The van der Waals surface area contributed by atoms with Crippen molar-refractivity contribution in [2.24, 2.45) is 7.05 Å². The number of hydrogen-bond donors (Lipinski definition) is 2. The molecule has 0 unspecified atom stereocenters. The zero-order valence-corrected chi connectivity index (χ0v) is 12.0. The van der Waals surface area contributed by atoms with Crippen LogP contribution in [0.2, 0.25) is 0 Å². The van der Waals surface area contributed by atoms with Gasteiger partial charge in [-0.15, -0.1) is 0 Å². The molecule has 0 saturated heterocycles. The van der Waals surface area contributed by atoms with Gasteiger partial charge in [-0.25, -0.2) is 4.98 Å². The van der Waals surface area contributed by atoms with Gasteiger partial charge >= 0.3 is 0 Å². The predicted molar refractivity (Wildman–Crippen MR) is 77.5 cm³/mol. The molecule has 0 fully saturated rings. The van der Waals surface area contributed by atoms with E-state index in [9.17, 15) is 4.79 Å². The van der Waals surface area contributed by atoms with Gasteiger partial charge < -0.3 is 15.2 Å². The van der Waals surface area contributed by atoms with Crippen LogP contribution < -0.4 is 10.6 Å². The van der Waals surface area contributed by atoms with Crippen molar-refractivity contribution in [3.8, 4) is 0 Å². The summed E-state index contributed by atoms with van der Waals surface area (Å²) in [6.07, 6.45) is 5.15.